The fourth-order valence-corrected chi connectivity index (χ4v) is 5.12. The molecule has 13 heteroatoms. The van der Waals surface area contributed by atoms with E-state index < -0.39 is 46.6 Å². The maximum Gasteiger partial charge on any atom is 0.251 e. The fraction of sp³-hybridized carbons (Fsp3) is 0.241. The molecule has 5 rings (SSSR count). The number of hydrogen-bond acceptors (Lipinski definition) is 6. The molecular weight excluding hydrogens is 663 g/mol. The molecule has 218 valence electrons. The fourth-order valence-electron chi connectivity index (χ4n) is 4.71. The minimum atomic E-state index is -1.61. The number of amides is 3. The number of para-hydroxylation sites is 1. The molecule has 0 aliphatic carbocycles. The van der Waals surface area contributed by atoms with Crippen molar-refractivity contribution in [1.29, 1.82) is 0 Å². The summed E-state index contributed by atoms with van der Waals surface area (Å²) < 4.78 is 36.7. The molecule has 0 spiro atoms. The van der Waals surface area contributed by atoms with Crippen molar-refractivity contribution in [2.75, 3.05) is 13.1 Å². The number of pyridine rings is 1. The molecule has 3 N–H and O–H groups in total. The number of aromatic amines is 1. The van der Waals surface area contributed by atoms with Crippen molar-refractivity contribution in [3.05, 3.63) is 90.1 Å². The van der Waals surface area contributed by atoms with Crippen LogP contribution in [0.15, 0.2) is 73.1 Å². The van der Waals surface area contributed by atoms with Gasteiger partial charge in [-0.3, -0.25) is 19.4 Å². The minimum absolute atomic E-state index is 0.00364. The summed E-state index contributed by atoms with van der Waals surface area (Å²) in [5, 5.41) is 6.26. The molecule has 3 atom stereocenters. The first kappa shape index (κ1) is 29.4. The quantitative estimate of drug-likeness (QED) is 0.169. The summed E-state index contributed by atoms with van der Waals surface area (Å²) in [6.07, 6.45) is 2.76. The number of rotatable bonds is 10. The van der Waals surface area contributed by atoms with Crippen molar-refractivity contribution < 1.29 is 32.6 Å². The number of ether oxygens (including phenoxy) is 2. The van der Waals surface area contributed by atoms with Crippen molar-refractivity contribution >= 4 is 51.2 Å². The summed E-state index contributed by atoms with van der Waals surface area (Å²) in [6.45, 7) is -0.246. The van der Waals surface area contributed by atoms with Gasteiger partial charge in [-0.25, -0.2) is 8.78 Å². The molecule has 0 saturated carbocycles. The van der Waals surface area contributed by atoms with Crippen LogP contribution >= 0.6 is 22.6 Å². The normalized spacial score (nSPS) is 17.2. The lowest BCUT2D eigenvalue weighted by molar-refractivity contribution is -0.137. The van der Waals surface area contributed by atoms with E-state index in [2.05, 4.69) is 20.6 Å². The Morgan fingerprint density at radius 1 is 1.12 bits per heavy atom. The van der Waals surface area contributed by atoms with E-state index >= 15 is 0 Å². The Bertz CT molecular complexity index is 1570. The first-order valence-electron chi connectivity index (χ1n) is 13.0. The molecule has 3 amide bonds. The van der Waals surface area contributed by atoms with Crippen molar-refractivity contribution in [1.82, 2.24) is 25.5 Å². The molecule has 3 heterocycles. The molecule has 42 heavy (non-hydrogen) atoms. The van der Waals surface area contributed by atoms with Crippen LogP contribution in [0.4, 0.5) is 8.78 Å². The van der Waals surface area contributed by atoms with Gasteiger partial charge in [0.2, 0.25) is 11.8 Å². The zero-order chi connectivity index (χ0) is 29.6. The Morgan fingerprint density at radius 2 is 1.95 bits per heavy atom. The van der Waals surface area contributed by atoms with Gasteiger partial charge in [0.25, 0.3) is 10.3 Å². The van der Waals surface area contributed by atoms with Crippen LogP contribution in [0.25, 0.3) is 10.9 Å². The van der Waals surface area contributed by atoms with Crippen molar-refractivity contribution in [3.8, 4) is 11.5 Å². The summed E-state index contributed by atoms with van der Waals surface area (Å²) in [5.74, 6) is -1.84. The van der Waals surface area contributed by atoms with Gasteiger partial charge in [-0.15, -0.1) is 0 Å². The number of carbonyl (C=O) groups is 3. The van der Waals surface area contributed by atoms with Crippen LogP contribution in [0.1, 0.15) is 22.5 Å². The zero-order valence-electron chi connectivity index (χ0n) is 22.1. The van der Waals surface area contributed by atoms with Gasteiger partial charge < -0.3 is 30.0 Å². The summed E-state index contributed by atoms with van der Waals surface area (Å²) >= 11 is 1.46. The van der Waals surface area contributed by atoms with E-state index in [1.165, 1.54) is 57.8 Å². The maximum absolute atomic E-state index is 13.9. The molecule has 0 radical (unpaired) electrons. The average Bonchev–Trinajstić information content (AvgIpc) is 3.59. The SMILES string of the molecule is O=C(NCC(=O)N1C[C@H](OC(F)I)C[C@H]1C(=O)NCc1cc2cnccc2[nH]1)c1cccc(Oc2ccccc2F)c1. The third-order valence-electron chi connectivity index (χ3n) is 6.67. The number of hydrogen-bond donors (Lipinski definition) is 3. The topological polar surface area (TPSA) is 126 Å². The number of carbonyl (C=O) groups excluding carboxylic acids is 3. The van der Waals surface area contributed by atoms with Crippen LogP contribution in [-0.4, -0.2) is 62.2 Å². The first-order valence-corrected chi connectivity index (χ1v) is 14.2. The predicted molar refractivity (Wildman–Crippen MR) is 157 cm³/mol. The monoisotopic (exact) mass is 689 g/mol. The van der Waals surface area contributed by atoms with E-state index in [1.807, 2.05) is 12.1 Å². The maximum atomic E-state index is 13.9. The number of likely N-dealkylation sites (tertiary alicyclic amines) is 1. The van der Waals surface area contributed by atoms with Crippen LogP contribution in [-0.2, 0) is 20.9 Å². The highest BCUT2D eigenvalue weighted by atomic mass is 127. The van der Waals surface area contributed by atoms with Gasteiger partial charge in [0, 0.05) is 47.5 Å². The number of nitrogens with one attached hydrogen (secondary N) is 3. The van der Waals surface area contributed by atoms with Crippen LogP contribution in [0, 0.1) is 5.82 Å². The van der Waals surface area contributed by atoms with Gasteiger partial charge in [0.15, 0.2) is 11.6 Å². The molecule has 1 saturated heterocycles. The van der Waals surface area contributed by atoms with E-state index in [4.69, 9.17) is 9.47 Å². The Kier molecular flexibility index (Phi) is 9.27. The van der Waals surface area contributed by atoms with E-state index in [0.29, 0.717) is 0 Å². The minimum Gasteiger partial charge on any atom is -0.454 e. The van der Waals surface area contributed by atoms with E-state index in [-0.39, 0.29) is 36.6 Å². The number of fused-ring (bicyclic) bond motifs is 1. The summed E-state index contributed by atoms with van der Waals surface area (Å²) in [7, 11) is 0. The average molecular weight is 689 g/mol. The molecule has 0 bridgehead atoms. The third kappa shape index (κ3) is 7.20. The number of H-pyrrole nitrogens is 1. The summed E-state index contributed by atoms with van der Waals surface area (Å²) in [6, 6.07) is 14.7. The second-order valence-corrected chi connectivity index (χ2v) is 10.5. The highest BCUT2D eigenvalue weighted by molar-refractivity contribution is 14.1. The van der Waals surface area contributed by atoms with Gasteiger partial charge in [0.05, 0.1) is 19.2 Å². The predicted octanol–water partition coefficient (Wildman–Crippen LogP) is 4.21. The van der Waals surface area contributed by atoms with Gasteiger partial charge in [-0.05, 0) is 65.1 Å². The molecule has 2 aromatic heterocycles. The van der Waals surface area contributed by atoms with E-state index in [0.717, 1.165) is 16.6 Å². The van der Waals surface area contributed by atoms with Crippen molar-refractivity contribution in [2.45, 2.75) is 29.5 Å². The second kappa shape index (κ2) is 13.2. The third-order valence-corrected chi connectivity index (χ3v) is 6.97. The van der Waals surface area contributed by atoms with Crippen molar-refractivity contribution in [2.24, 2.45) is 0 Å². The number of aromatic nitrogens is 2. The van der Waals surface area contributed by atoms with E-state index in [9.17, 15) is 23.2 Å². The second-order valence-electron chi connectivity index (χ2n) is 9.53. The highest BCUT2D eigenvalue weighted by Gasteiger charge is 2.40. The molecule has 1 fully saturated rings. The van der Waals surface area contributed by atoms with E-state index in [1.54, 1.807) is 30.6 Å². The number of alkyl halides is 2. The molecular formula is C29H26F2IN5O5. The lowest BCUT2D eigenvalue weighted by atomic mass is 10.1. The Labute approximate surface area is 252 Å². The Morgan fingerprint density at radius 3 is 2.74 bits per heavy atom. The number of benzene rings is 2. The molecule has 1 aliphatic heterocycles. The standard InChI is InChI=1S/C29H26F2IN5O5/c30-22-6-1-2-7-25(22)41-20-5-3-4-17(11-20)27(39)35-15-26(38)37-16-21(42-29(31)32)12-24(37)28(40)34-14-19-10-18-13-33-9-8-23(18)36-19/h1-11,13,21,24,29,36H,12,14-16H2,(H,34,40)(H,35,39)/t21-,24+,29?/m1/s1. The van der Waals surface area contributed by atoms with Crippen LogP contribution in [0.5, 0.6) is 11.5 Å². The van der Waals surface area contributed by atoms with Crippen LogP contribution in [0.2, 0.25) is 0 Å². The molecule has 4 aromatic rings. The van der Waals surface area contributed by atoms with Crippen LogP contribution in [0.3, 0.4) is 0 Å². The van der Waals surface area contributed by atoms with Gasteiger partial charge >= 0.3 is 0 Å². The van der Waals surface area contributed by atoms with Crippen LogP contribution < -0.4 is 15.4 Å². The number of halogens is 3. The Hall–Kier alpha value is -4.11. The van der Waals surface area contributed by atoms with Gasteiger partial charge in [-0.2, -0.15) is 0 Å². The lowest BCUT2D eigenvalue weighted by Crippen LogP contribution is -2.49. The first-order chi connectivity index (χ1) is 20.3. The number of nitrogens with zero attached hydrogens (tertiary/aromatic N) is 2. The molecule has 1 unspecified atom stereocenters. The largest absolute Gasteiger partial charge is 0.454 e. The smallest absolute Gasteiger partial charge is 0.251 e. The molecule has 10 nitrogen and oxygen atoms in total. The van der Waals surface area contributed by atoms with Crippen molar-refractivity contribution in [3.63, 3.8) is 0 Å². The van der Waals surface area contributed by atoms with Gasteiger partial charge in [0.1, 0.15) is 11.8 Å². The van der Waals surface area contributed by atoms with Gasteiger partial charge in [-0.1, -0.05) is 18.2 Å². The Balaban J connectivity index is 1.21. The molecule has 2 aromatic carbocycles. The summed E-state index contributed by atoms with van der Waals surface area (Å²) in [4.78, 5) is 47.7. The summed E-state index contributed by atoms with van der Waals surface area (Å²) in [5.41, 5.74) is 1.81. The highest BCUT2D eigenvalue weighted by Crippen LogP contribution is 2.26. The lowest BCUT2D eigenvalue weighted by Gasteiger charge is -2.24. The molecule has 1 aliphatic rings. The zero-order valence-corrected chi connectivity index (χ0v) is 24.2.